The van der Waals surface area contributed by atoms with Crippen LogP contribution in [0.25, 0.3) is 0 Å². The van der Waals surface area contributed by atoms with Crippen LogP contribution >= 0.6 is 11.6 Å². The average molecular weight is 195 g/mol. The van der Waals surface area contributed by atoms with E-state index >= 15 is 0 Å². The van der Waals surface area contributed by atoms with E-state index in [0.717, 1.165) is 12.4 Å². The molecule has 3 nitrogen and oxygen atoms in total. The summed E-state index contributed by atoms with van der Waals surface area (Å²) in [6, 6.07) is 0. The molecule has 0 aliphatic heterocycles. The van der Waals surface area contributed by atoms with Crippen LogP contribution in [0.2, 0.25) is 0 Å². The molecule has 0 bridgehead atoms. The van der Waals surface area contributed by atoms with E-state index in [-0.39, 0.29) is 5.56 Å². The van der Waals surface area contributed by atoms with Crippen LogP contribution in [0.3, 0.4) is 0 Å². The van der Waals surface area contributed by atoms with Gasteiger partial charge < -0.3 is 5.11 Å². The number of hydrogen-bond donors (Lipinski definition) is 1. The average Bonchev–Trinajstić information content (AvgIpc) is 2.03. The molecule has 1 N–H and O–H groups in total. The normalized spacial score (nSPS) is 14.3. The van der Waals surface area contributed by atoms with Crippen LogP contribution in [-0.4, -0.2) is 20.5 Å². The van der Waals surface area contributed by atoms with Gasteiger partial charge in [0.1, 0.15) is 6.33 Å². The van der Waals surface area contributed by atoms with Crippen LogP contribution < -0.4 is 0 Å². The van der Waals surface area contributed by atoms with E-state index in [1.165, 1.54) is 6.33 Å². The van der Waals surface area contributed by atoms with Crippen molar-refractivity contribution in [3.05, 3.63) is 24.3 Å². The Kier molecular flexibility index (Phi) is 2.54. The minimum Gasteiger partial charge on any atom is -0.381 e. The first-order valence-corrected chi connectivity index (χ1v) is 3.39. The molecule has 0 spiro atoms. The lowest BCUT2D eigenvalue weighted by Crippen LogP contribution is -2.19. The summed E-state index contributed by atoms with van der Waals surface area (Å²) in [5.41, 5.74) is -0.113. The predicted octanol–water partition coefficient (Wildman–Crippen LogP) is 1.34. The summed E-state index contributed by atoms with van der Waals surface area (Å²) in [5.74, 6) is 0. The molecule has 1 atom stereocenters. The highest BCUT2D eigenvalue weighted by molar-refractivity contribution is 6.22. The lowest BCUT2D eigenvalue weighted by Gasteiger charge is -2.14. The number of aliphatic hydroxyl groups excluding tert-OH is 1. The van der Waals surface area contributed by atoms with Gasteiger partial charge in [0.2, 0.25) is 0 Å². The SMILES string of the molecule is OC(c1cncnc1)C(F)(F)Cl. The third kappa shape index (κ3) is 2.09. The summed E-state index contributed by atoms with van der Waals surface area (Å²) in [4.78, 5) is 6.91. The van der Waals surface area contributed by atoms with Crippen molar-refractivity contribution in [3.63, 3.8) is 0 Å². The summed E-state index contributed by atoms with van der Waals surface area (Å²) in [7, 11) is 0. The van der Waals surface area contributed by atoms with E-state index in [0.29, 0.717) is 0 Å². The standard InChI is InChI=1S/C6H5ClF2N2O/c7-6(8,9)5(12)4-1-10-3-11-2-4/h1-3,5,12H. The molecule has 0 aromatic carbocycles. The summed E-state index contributed by atoms with van der Waals surface area (Å²) in [5, 5.41) is 5.21. The van der Waals surface area contributed by atoms with Crippen molar-refractivity contribution in [2.45, 2.75) is 11.5 Å². The monoisotopic (exact) mass is 194 g/mol. The van der Waals surface area contributed by atoms with E-state index in [1.807, 2.05) is 0 Å². The quantitative estimate of drug-likeness (QED) is 0.723. The van der Waals surface area contributed by atoms with Crippen molar-refractivity contribution in [1.82, 2.24) is 9.97 Å². The molecular weight excluding hydrogens is 190 g/mol. The smallest absolute Gasteiger partial charge is 0.351 e. The van der Waals surface area contributed by atoms with E-state index < -0.39 is 11.5 Å². The number of rotatable bonds is 2. The van der Waals surface area contributed by atoms with Crippen LogP contribution in [0.5, 0.6) is 0 Å². The number of halogens is 3. The number of alkyl halides is 3. The molecule has 12 heavy (non-hydrogen) atoms. The molecule has 0 amide bonds. The molecule has 1 unspecified atom stereocenters. The molecular formula is C6H5ClF2N2O. The molecule has 0 fully saturated rings. The highest BCUT2D eigenvalue weighted by Crippen LogP contribution is 2.33. The molecule has 1 rings (SSSR count). The minimum atomic E-state index is -3.69. The molecule has 1 aromatic heterocycles. The molecule has 0 saturated carbocycles. The second-order valence-corrected chi connectivity index (χ2v) is 2.62. The maximum absolute atomic E-state index is 12.3. The zero-order valence-electron chi connectivity index (χ0n) is 5.78. The van der Waals surface area contributed by atoms with E-state index in [1.54, 1.807) is 0 Å². The fraction of sp³-hybridized carbons (Fsp3) is 0.333. The van der Waals surface area contributed by atoms with Gasteiger partial charge in [-0.25, -0.2) is 9.97 Å². The largest absolute Gasteiger partial charge is 0.381 e. The minimum absolute atomic E-state index is 0.113. The maximum atomic E-state index is 12.3. The predicted molar refractivity (Wildman–Crippen MR) is 37.8 cm³/mol. The van der Waals surface area contributed by atoms with Gasteiger partial charge >= 0.3 is 5.38 Å². The molecule has 0 aliphatic rings. The van der Waals surface area contributed by atoms with Crippen molar-refractivity contribution in [1.29, 1.82) is 0 Å². The first-order valence-electron chi connectivity index (χ1n) is 3.01. The van der Waals surface area contributed by atoms with Crippen LogP contribution in [0.15, 0.2) is 18.7 Å². The van der Waals surface area contributed by atoms with E-state index in [4.69, 9.17) is 5.11 Å². The zero-order chi connectivity index (χ0) is 9.19. The van der Waals surface area contributed by atoms with Gasteiger partial charge in [-0.15, -0.1) is 0 Å². The second kappa shape index (κ2) is 3.28. The topological polar surface area (TPSA) is 46.0 Å². The Morgan fingerprint density at radius 3 is 2.33 bits per heavy atom. The van der Waals surface area contributed by atoms with Crippen LogP contribution in [0, 0.1) is 0 Å². The third-order valence-corrected chi connectivity index (χ3v) is 1.41. The molecule has 0 aliphatic carbocycles. The highest BCUT2D eigenvalue weighted by Gasteiger charge is 2.37. The van der Waals surface area contributed by atoms with Gasteiger partial charge in [-0.2, -0.15) is 8.78 Å². The Labute approximate surface area is 72.0 Å². The zero-order valence-corrected chi connectivity index (χ0v) is 6.54. The van der Waals surface area contributed by atoms with Crippen molar-refractivity contribution in [2.75, 3.05) is 0 Å². The molecule has 1 heterocycles. The van der Waals surface area contributed by atoms with Gasteiger partial charge in [0.05, 0.1) is 0 Å². The van der Waals surface area contributed by atoms with Crippen LogP contribution in [0.1, 0.15) is 11.7 Å². The number of nitrogens with zero attached hydrogens (tertiary/aromatic N) is 2. The van der Waals surface area contributed by atoms with Crippen molar-refractivity contribution in [3.8, 4) is 0 Å². The fourth-order valence-corrected chi connectivity index (χ4v) is 0.767. The Hall–Kier alpha value is -0.810. The molecule has 0 radical (unpaired) electrons. The van der Waals surface area contributed by atoms with Gasteiger partial charge in [0.25, 0.3) is 0 Å². The molecule has 66 valence electrons. The lowest BCUT2D eigenvalue weighted by molar-refractivity contribution is -0.0428. The summed E-state index contributed by atoms with van der Waals surface area (Å²) < 4.78 is 24.5. The van der Waals surface area contributed by atoms with Crippen molar-refractivity contribution >= 4 is 11.6 Å². The number of hydrogen-bond acceptors (Lipinski definition) is 3. The lowest BCUT2D eigenvalue weighted by atomic mass is 10.2. The Morgan fingerprint density at radius 2 is 1.92 bits per heavy atom. The Morgan fingerprint density at radius 1 is 1.42 bits per heavy atom. The van der Waals surface area contributed by atoms with Crippen molar-refractivity contribution in [2.24, 2.45) is 0 Å². The molecule has 6 heteroatoms. The van der Waals surface area contributed by atoms with Gasteiger partial charge in [-0.05, 0) is 11.6 Å². The first kappa shape index (κ1) is 9.28. The van der Waals surface area contributed by atoms with E-state index in [2.05, 4.69) is 21.6 Å². The summed E-state index contributed by atoms with van der Waals surface area (Å²) in [6.07, 6.45) is 1.25. The fourth-order valence-electron chi connectivity index (χ4n) is 0.641. The van der Waals surface area contributed by atoms with Gasteiger partial charge in [0.15, 0.2) is 6.10 Å². The summed E-state index contributed by atoms with van der Waals surface area (Å²) in [6.45, 7) is 0. The van der Waals surface area contributed by atoms with Crippen LogP contribution in [-0.2, 0) is 0 Å². The van der Waals surface area contributed by atoms with Gasteiger partial charge in [-0.3, -0.25) is 0 Å². The molecule has 1 aromatic rings. The summed E-state index contributed by atoms with van der Waals surface area (Å²) >= 11 is 4.58. The maximum Gasteiger partial charge on any atom is 0.351 e. The second-order valence-electron chi connectivity index (χ2n) is 2.12. The molecule has 0 saturated heterocycles. The van der Waals surface area contributed by atoms with Crippen LogP contribution in [0.4, 0.5) is 8.78 Å². The first-order chi connectivity index (χ1) is 5.52. The number of aliphatic hydroxyl groups is 1. The third-order valence-electron chi connectivity index (χ3n) is 1.21. The van der Waals surface area contributed by atoms with Crippen molar-refractivity contribution < 1.29 is 13.9 Å². The van der Waals surface area contributed by atoms with E-state index in [9.17, 15) is 8.78 Å². The Balaban J connectivity index is 2.86. The highest BCUT2D eigenvalue weighted by atomic mass is 35.5. The van der Waals surface area contributed by atoms with Gasteiger partial charge in [0, 0.05) is 18.0 Å². The Bertz CT molecular complexity index is 251. The van der Waals surface area contributed by atoms with Gasteiger partial charge in [-0.1, -0.05) is 0 Å². The number of aromatic nitrogens is 2.